The van der Waals surface area contributed by atoms with Crippen molar-refractivity contribution in [1.29, 1.82) is 0 Å². The Balaban J connectivity index is 2.73. The van der Waals surface area contributed by atoms with Gasteiger partial charge in [0.2, 0.25) is 0 Å². The third-order valence-electron chi connectivity index (χ3n) is 2.37. The molecule has 0 radical (unpaired) electrons. The van der Waals surface area contributed by atoms with Gasteiger partial charge in [-0.15, -0.1) is 11.8 Å². The summed E-state index contributed by atoms with van der Waals surface area (Å²) < 4.78 is 10.9. The van der Waals surface area contributed by atoms with Crippen molar-refractivity contribution in [3.05, 3.63) is 23.8 Å². The summed E-state index contributed by atoms with van der Waals surface area (Å²) in [6, 6.07) is 5.74. The molecule has 1 unspecified atom stereocenters. The quantitative estimate of drug-likeness (QED) is 0.627. The van der Waals surface area contributed by atoms with E-state index >= 15 is 0 Å². The molecule has 3 nitrogen and oxygen atoms in total. The molecule has 2 N–H and O–H groups in total. The lowest BCUT2D eigenvalue weighted by Crippen LogP contribution is -2.06. The summed E-state index contributed by atoms with van der Waals surface area (Å²) in [5.74, 6) is 7.22. The van der Waals surface area contributed by atoms with Crippen LogP contribution in [-0.2, 0) is 0 Å². The molecule has 1 aromatic rings. The summed E-state index contributed by atoms with van der Waals surface area (Å²) in [5, 5.41) is 0. The molecule has 0 aliphatic carbocycles. The fourth-order valence-corrected chi connectivity index (χ4v) is 1.42. The highest BCUT2D eigenvalue weighted by Crippen LogP contribution is 2.29. The van der Waals surface area contributed by atoms with Crippen molar-refractivity contribution in [1.82, 2.24) is 0 Å². The second kappa shape index (κ2) is 6.82. The van der Waals surface area contributed by atoms with E-state index in [-0.39, 0.29) is 6.04 Å². The lowest BCUT2D eigenvalue weighted by molar-refractivity contribution is 0.301. The molecular weight excluding hydrogens is 214 g/mol. The maximum Gasteiger partial charge on any atom is 0.161 e. The van der Waals surface area contributed by atoms with Crippen LogP contribution in [0, 0.1) is 11.8 Å². The van der Waals surface area contributed by atoms with Gasteiger partial charge in [-0.05, 0) is 31.5 Å². The molecule has 3 heteroatoms. The van der Waals surface area contributed by atoms with Crippen molar-refractivity contribution in [2.45, 2.75) is 26.3 Å². The van der Waals surface area contributed by atoms with Gasteiger partial charge >= 0.3 is 0 Å². The Morgan fingerprint density at radius 1 is 1.35 bits per heavy atom. The van der Waals surface area contributed by atoms with Crippen LogP contribution < -0.4 is 15.2 Å². The van der Waals surface area contributed by atoms with Crippen LogP contribution in [0.3, 0.4) is 0 Å². The first-order chi connectivity index (χ1) is 8.19. The number of benzene rings is 1. The molecule has 0 saturated heterocycles. The molecular formula is C14H19NO2. The van der Waals surface area contributed by atoms with Gasteiger partial charge in [-0.3, -0.25) is 0 Å². The number of hydrogen-bond acceptors (Lipinski definition) is 3. The van der Waals surface area contributed by atoms with Crippen LogP contribution in [0.15, 0.2) is 18.2 Å². The molecule has 17 heavy (non-hydrogen) atoms. The molecule has 0 fully saturated rings. The van der Waals surface area contributed by atoms with Crippen LogP contribution >= 0.6 is 0 Å². The zero-order valence-electron chi connectivity index (χ0n) is 10.6. The summed E-state index contributed by atoms with van der Waals surface area (Å²) in [5.41, 5.74) is 6.84. The average molecular weight is 233 g/mol. The Kier molecular flexibility index (Phi) is 5.38. The van der Waals surface area contributed by atoms with Gasteiger partial charge in [0.15, 0.2) is 11.5 Å². The number of methoxy groups -OCH3 is 1. The number of ether oxygens (including phenoxy) is 2. The molecule has 1 atom stereocenters. The van der Waals surface area contributed by atoms with Crippen molar-refractivity contribution in [2.24, 2.45) is 5.73 Å². The zero-order valence-corrected chi connectivity index (χ0v) is 10.6. The first-order valence-corrected chi connectivity index (χ1v) is 5.65. The van der Waals surface area contributed by atoms with Crippen LogP contribution in [0.2, 0.25) is 0 Å². The Labute approximate surface area is 103 Å². The minimum Gasteiger partial charge on any atom is -0.493 e. The zero-order chi connectivity index (χ0) is 12.7. The van der Waals surface area contributed by atoms with Crippen LogP contribution in [0.5, 0.6) is 11.5 Å². The minimum absolute atomic E-state index is 0.0103. The largest absolute Gasteiger partial charge is 0.493 e. The SMILES string of the molecule is CC#CCCOc1ccc(C(C)N)cc1OC. The lowest BCUT2D eigenvalue weighted by atomic mass is 10.1. The summed E-state index contributed by atoms with van der Waals surface area (Å²) in [7, 11) is 1.62. The van der Waals surface area contributed by atoms with Crippen LogP contribution in [-0.4, -0.2) is 13.7 Å². The molecule has 0 amide bonds. The standard InChI is InChI=1S/C14H19NO2/c1-4-5-6-9-17-13-8-7-12(11(2)15)10-14(13)16-3/h7-8,10-11H,6,9,15H2,1-3H3. The van der Waals surface area contributed by atoms with Gasteiger partial charge < -0.3 is 15.2 Å². The molecule has 1 aromatic carbocycles. The number of rotatable bonds is 5. The van der Waals surface area contributed by atoms with E-state index in [4.69, 9.17) is 15.2 Å². The molecule has 0 heterocycles. The molecule has 0 aromatic heterocycles. The van der Waals surface area contributed by atoms with Crippen molar-refractivity contribution < 1.29 is 9.47 Å². The first-order valence-electron chi connectivity index (χ1n) is 5.65. The van der Waals surface area contributed by atoms with Gasteiger partial charge in [0, 0.05) is 12.5 Å². The van der Waals surface area contributed by atoms with Gasteiger partial charge in [0.25, 0.3) is 0 Å². The minimum atomic E-state index is -0.0103. The maximum absolute atomic E-state index is 5.81. The molecule has 0 saturated carbocycles. The van der Waals surface area contributed by atoms with E-state index in [0.29, 0.717) is 18.8 Å². The summed E-state index contributed by atoms with van der Waals surface area (Å²) in [6.07, 6.45) is 0.717. The van der Waals surface area contributed by atoms with E-state index in [2.05, 4.69) is 11.8 Å². The average Bonchev–Trinajstić information content (AvgIpc) is 2.34. The van der Waals surface area contributed by atoms with E-state index in [1.807, 2.05) is 32.0 Å². The van der Waals surface area contributed by atoms with Gasteiger partial charge in [-0.25, -0.2) is 0 Å². The van der Waals surface area contributed by atoms with Crippen molar-refractivity contribution in [3.8, 4) is 23.3 Å². The molecule has 0 aliphatic heterocycles. The lowest BCUT2D eigenvalue weighted by Gasteiger charge is -2.12. The Morgan fingerprint density at radius 3 is 2.71 bits per heavy atom. The normalized spacial score (nSPS) is 11.3. The Hall–Kier alpha value is -1.66. The van der Waals surface area contributed by atoms with Crippen molar-refractivity contribution in [3.63, 3.8) is 0 Å². The second-order valence-electron chi connectivity index (χ2n) is 3.72. The maximum atomic E-state index is 5.81. The molecule has 1 rings (SSSR count). The van der Waals surface area contributed by atoms with Crippen LogP contribution in [0.25, 0.3) is 0 Å². The smallest absolute Gasteiger partial charge is 0.161 e. The third kappa shape index (κ3) is 4.01. The summed E-state index contributed by atoms with van der Waals surface area (Å²) in [4.78, 5) is 0. The van der Waals surface area contributed by atoms with Crippen LogP contribution in [0.1, 0.15) is 31.9 Å². The van der Waals surface area contributed by atoms with E-state index < -0.39 is 0 Å². The van der Waals surface area contributed by atoms with Gasteiger partial charge in [-0.2, -0.15) is 0 Å². The highest BCUT2D eigenvalue weighted by atomic mass is 16.5. The van der Waals surface area contributed by atoms with E-state index in [9.17, 15) is 0 Å². The topological polar surface area (TPSA) is 44.5 Å². The van der Waals surface area contributed by atoms with Crippen LogP contribution in [0.4, 0.5) is 0 Å². The predicted molar refractivity (Wildman–Crippen MR) is 69.2 cm³/mol. The van der Waals surface area contributed by atoms with Crippen molar-refractivity contribution >= 4 is 0 Å². The molecule has 0 bridgehead atoms. The molecule has 0 aliphatic rings. The van der Waals surface area contributed by atoms with Gasteiger partial charge in [0.1, 0.15) is 0 Å². The number of hydrogen-bond donors (Lipinski definition) is 1. The Bertz CT molecular complexity index is 416. The monoisotopic (exact) mass is 233 g/mol. The van der Waals surface area contributed by atoms with E-state index in [1.54, 1.807) is 7.11 Å². The van der Waals surface area contributed by atoms with E-state index in [1.165, 1.54) is 0 Å². The fraction of sp³-hybridized carbons (Fsp3) is 0.429. The van der Waals surface area contributed by atoms with Crippen molar-refractivity contribution in [2.75, 3.05) is 13.7 Å². The highest BCUT2D eigenvalue weighted by Gasteiger charge is 2.07. The third-order valence-corrected chi connectivity index (χ3v) is 2.37. The molecule has 0 spiro atoms. The van der Waals surface area contributed by atoms with E-state index in [0.717, 1.165) is 11.3 Å². The first kappa shape index (κ1) is 13.4. The summed E-state index contributed by atoms with van der Waals surface area (Å²) >= 11 is 0. The second-order valence-corrected chi connectivity index (χ2v) is 3.72. The summed E-state index contributed by atoms with van der Waals surface area (Å²) in [6.45, 7) is 4.32. The fourth-order valence-electron chi connectivity index (χ4n) is 1.42. The van der Waals surface area contributed by atoms with Gasteiger partial charge in [-0.1, -0.05) is 6.07 Å². The highest BCUT2D eigenvalue weighted by molar-refractivity contribution is 5.43. The Morgan fingerprint density at radius 2 is 2.12 bits per heavy atom. The number of nitrogens with two attached hydrogens (primary N) is 1. The van der Waals surface area contributed by atoms with Gasteiger partial charge in [0.05, 0.1) is 13.7 Å². The predicted octanol–water partition coefficient (Wildman–Crippen LogP) is 2.51. The molecule has 92 valence electrons.